The second-order valence-corrected chi connectivity index (χ2v) is 4.62. The average Bonchev–Trinajstić information content (AvgIpc) is 2.33. The first-order valence-electron chi connectivity index (χ1n) is 6.11. The maximum atomic E-state index is 12.3. The van der Waals surface area contributed by atoms with Crippen molar-refractivity contribution in [2.24, 2.45) is 0 Å². The Bertz CT molecular complexity index is 443. The first-order chi connectivity index (χ1) is 8.79. The highest BCUT2D eigenvalue weighted by Crippen LogP contribution is 2.27. The van der Waals surface area contributed by atoms with Gasteiger partial charge in [-0.1, -0.05) is 30.8 Å². The quantitative estimate of drug-likeness (QED) is 0.706. The molecule has 0 radical (unpaired) electrons. The summed E-state index contributed by atoms with van der Waals surface area (Å²) in [7, 11) is 0. The van der Waals surface area contributed by atoms with Gasteiger partial charge in [-0.25, -0.2) is 0 Å². The Balaban J connectivity index is 2.49. The maximum Gasteiger partial charge on any atom is 0.412 e. The van der Waals surface area contributed by atoms with Crippen LogP contribution in [0.4, 0.5) is 13.2 Å². The van der Waals surface area contributed by atoms with Crippen molar-refractivity contribution < 1.29 is 18.0 Å². The highest BCUT2D eigenvalue weighted by Gasteiger charge is 2.30. The van der Waals surface area contributed by atoms with Crippen LogP contribution in [0.15, 0.2) is 36.4 Å². The number of carbonyl (C=O) groups excluding carboxylic acids is 1. The van der Waals surface area contributed by atoms with Crippen LogP contribution in [-0.2, 0) is 17.6 Å². The molecule has 104 valence electrons. The third-order valence-electron chi connectivity index (χ3n) is 2.91. The minimum atomic E-state index is -4.30. The molecule has 0 bridgehead atoms. The fraction of sp³-hybridized carbons (Fsp3) is 0.400. The van der Waals surface area contributed by atoms with E-state index in [1.807, 2.05) is 12.1 Å². The van der Waals surface area contributed by atoms with Crippen molar-refractivity contribution in [2.75, 3.05) is 0 Å². The number of halogens is 3. The molecule has 0 amide bonds. The summed E-state index contributed by atoms with van der Waals surface area (Å²) in [6.07, 6.45) is -2.90. The summed E-state index contributed by atoms with van der Waals surface area (Å²) in [4.78, 5) is 10.8. The molecule has 0 N–H and O–H groups in total. The van der Waals surface area contributed by atoms with Gasteiger partial charge in [-0.05, 0) is 37.3 Å². The normalized spacial score (nSPS) is 11.4. The molecule has 4 heteroatoms. The summed E-state index contributed by atoms with van der Waals surface area (Å²) in [6, 6.07) is 7.32. The van der Waals surface area contributed by atoms with Crippen LogP contribution in [-0.4, -0.2) is 12.0 Å². The number of Topliss-reactive ketones (excluding diaryl/α,β-unsaturated/α-hetero) is 1. The van der Waals surface area contributed by atoms with Crippen LogP contribution in [0.5, 0.6) is 0 Å². The predicted octanol–water partition coefficient (Wildman–Crippen LogP) is 4.26. The Labute approximate surface area is 111 Å². The number of alkyl halides is 3. The summed E-state index contributed by atoms with van der Waals surface area (Å²) in [5.74, 6) is 0.130. The van der Waals surface area contributed by atoms with Gasteiger partial charge in [-0.15, -0.1) is 0 Å². The molecule has 19 heavy (non-hydrogen) atoms. The molecule has 1 aromatic carbocycles. The van der Waals surface area contributed by atoms with E-state index in [1.54, 1.807) is 12.1 Å². The van der Waals surface area contributed by atoms with E-state index in [4.69, 9.17) is 0 Å². The zero-order valence-corrected chi connectivity index (χ0v) is 10.9. The zero-order valence-electron chi connectivity index (χ0n) is 10.9. The molecule has 1 aromatic rings. The number of hydrogen-bond donors (Lipinski definition) is 0. The monoisotopic (exact) mass is 270 g/mol. The number of ketones is 1. The SMILES string of the molecule is C=C(CCc1ccc(CCC(C)=O)cc1)C(F)(F)F. The van der Waals surface area contributed by atoms with E-state index < -0.39 is 11.7 Å². The molecule has 0 aromatic heterocycles. The molecule has 0 aliphatic heterocycles. The van der Waals surface area contributed by atoms with E-state index in [1.165, 1.54) is 6.92 Å². The summed E-state index contributed by atoms with van der Waals surface area (Å²) >= 11 is 0. The van der Waals surface area contributed by atoms with E-state index >= 15 is 0 Å². The molecule has 0 saturated carbocycles. The zero-order chi connectivity index (χ0) is 14.5. The highest BCUT2D eigenvalue weighted by molar-refractivity contribution is 5.75. The van der Waals surface area contributed by atoms with E-state index in [9.17, 15) is 18.0 Å². The second kappa shape index (κ2) is 6.55. The van der Waals surface area contributed by atoms with Gasteiger partial charge in [0.15, 0.2) is 0 Å². The lowest BCUT2D eigenvalue weighted by atomic mass is 10.0. The molecule has 0 aliphatic carbocycles. The van der Waals surface area contributed by atoms with Crippen molar-refractivity contribution in [2.45, 2.75) is 38.8 Å². The van der Waals surface area contributed by atoms with Crippen molar-refractivity contribution >= 4 is 5.78 Å². The lowest BCUT2D eigenvalue weighted by Gasteiger charge is -2.10. The molecular weight excluding hydrogens is 253 g/mol. The molecule has 0 saturated heterocycles. The van der Waals surface area contributed by atoms with Crippen molar-refractivity contribution in [1.29, 1.82) is 0 Å². The van der Waals surface area contributed by atoms with Crippen LogP contribution in [0, 0.1) is 0 Å². The summed E-state index contributed by atoms with van der Waals surface area (Å²) in [6.45, 7) is 4.58. The molecule has 0 unspecified atom stereocenters. The van der Waals surface area contributed by atoms with Gasteiger partial charge in [0.1, 0.15) is 5.78 Å². The number of hydrogen-bond acceptors (Lipinski definition) is 1. The molecule has 0 spiro atoms. The largest absolute Gasteiger partial charge is 0.412 e. The van der Waals surface area contributed by atoms with E-state index in [2.05, 4.69) is 6.58 Å². The Morgan fingerprint density at radius 1 is 1.05 bits per heavy atom. The van der Waals surface area contributed by atoms with Crippen LogP contribution in [0.25, 0.3) is 0 Å². The molecule has 1 rings (SSSR count). The summed E-state index contributed by atoms with van der Waals surface area (Å²) in [5, 5.41) is 0. The Morgan fingerprint density at radius 3 is 1.84 bits per heavy atom. The van der Waals surface area contributed by atoms with Crippen molar-refractivity contribution in [3.8, 4) is 0 Å². The number of carbonyl (C=O) groups is 1. The van der Waals surface area contributed by atoms with Gasteiger partial charge >= 0.3 is 6.18 Å². The lowest BCUT2D eigenvalue weighted by Crippen LogP contribution is -2.11. The number of aryl methyl sites for hydroxylation is 2. The van der Waals surface area contributed by atoms with Crippen LogP contribution in [0.1, 0.15) is 30.9 Å². The second-order valence-electron chi connectivity index (χ2n) is 4.62. The van der Waals surface area contributed by atoms with Crippen molar-refractivity contribution in [3.05, 3.63) is 47.5 Å². The summed E-state index contributed by atoms with van der Waals surface area (Å²) in [5.41, 5.74) is 1.17. The number of allylic oxidation sites excluding steroid dienone is 1. The predicted molar refractivity (Wildman–Crippen MR) is 69.0 cm³/mol. The minimum absolute atomic E-state index is 0.0870. The number of rotatable bonds is 6. The van der Waals surface area contributed by atoms with Gasteiger partial charge in [0, 0.05) is 12.0 Å². The van der Waals surface area contributed by atoms with E-state index in [0.29, 0.717) is 19.3 Å². The molecule has 1 nitrogen and oxygen atoms in total. The fourth-order valence-corrected chi connectivity index (χ4v) is 1.63. The van der Waals surface area contributed by atoms with Crippen LogP contribution in [0.3, 0.4) is 0 Å². The standard InChI is InChI=1S/C15H17F3O/c1-11(15(16,17)18)3-5-13-7-9-14(10-8-13)6-4-12(2)19/h7-10H,1,3-6H2,2H3. The Morgan fingerprint density at radius 2 is 1.47 bits per heavy atom. The Hall–Kier alpha value is -1.58. The lowest BCUT2D eigenvalue weighted by molar-refractivity contribution is -0.117. The smallest absolute Gasteiger partial charge is 0.300 e. The number of benzene rings is 1. The van der Waals surface area contributed by atoms with E-state index in [0.717, 1.165) is 11.1 Å². The van der Waals surface area contributed by atoms with E-state index in [-0.39, 0.29) is 12.2 Å². The molecule has 0 heterocycles. The van der Waals surface area contributed by atoms with Crippen LogP contribution in [0.2, 0.25) is 0 Å². The van der Waals surface area contributed by atoms with Gasteiger partial charge in [0.25, 0.3) is 0 Å². The van der Waals surface area contributed by atoms with Gasteiger partial charge in [0.05, 0.1) is 0 Å². The van der Waals surface area contributed by atoms with Gasteiger partial charge in [0.2, 0.25) is 0 Å². The molecular formula is C15H17F3O. The topological polar surface area (TPSA) is 17.1 Å². The first-order valence-corrected chi connectivity index (χ1v) is 6.11. The fourth-order valence-electron chi connectivity index (χ4n) is 1.63. The average molecular weight is 270 g/mol. The van der Waals surface area contributed by atoms with Crippen LogP contribution < -0.4 is 0 Å². The Kier molecular flexibility index (Phi) is 5.33. The third-order valence-corrected chi connectivity index (χ3v) is 2.91. The van der Waals surface area contributed by atoms with Gasteiger partial charge < -0.3 is 4.79 Å². The highest BCUT2D eigenvalue weighted by atomic mass is 19.4. The van der Waals surface area contributed by atoms with Crippen molar-refractivity contribution in [3.63, 3.8) is 0 Å². The van der Waals surface area contributed by atoms with Gasteiger partial charge in [-0.2, -0.15) is 13.2 Å². The maximum absolute atomic E-state index is 12.3. The first kappa shape index (κ1) is 15.5. The summed E-state index contributed by atoms with van der Waals surface area (Å²) < 4.78 is 36.8. The third kappa shape index (κ3) is 5.73. The van der Waals surface area contributed by atoms with Crippen molar-refractivity contribution in [1.82, 2.24) is 0 Å². The molecule has 0 atom stereocenters. The van der Waals surface area contributed by atoms with Gasteiger partial charge in [-0.3, -0.25) is 0 Å². The van der Waals surface area contributed by atoms with Crippen LogP contribution >= 0.6 is 0 Å². The molecule has 0 fully saturated rings. The molecule has 0 aliphatic rings. The minimum Gasteiger partial charge on any atom is -0.300 e.